The number of unbranched alkanes of at least 4 members (excludes halogenated alkanes) is 1. The van der Waals surface area contributed by atoms with Crippen LogP contribution < -0.4 is 0 Å². The predicted molar refractivity (Wildman–Crippen MR) is 121 cm³/mol. The average molecular weight is 433 g/mol. The van der Waals surface area contributed by atoms with Gasteiger partial charge in [-0.15, -0.1) is 0 Å². The molecule has 4 rings (SSSR count). The van der Waals surface area contributed by atoms with Gasteiger partial charge in [-0.05, 0) is 98.2 Å². The highest BCUT2D eigenvalue weighted by Crippen LogP contribution is 2.69. The van der Waals surface area contributed by atoms with Gasteiger partial charge in [0.2, 0.25) is 0 Å². The number of hydrogen-bond donors (Lipinski definition) is 1. The van der Waals surface area contributed by atoms with E-state index in [9.17, 15) is 14.7 Å². The lowest BCUT2D eigenvalue weighted by Crippen LogP contribution is -2.58. The van der Waals surface area contributed by atoms with Crippen LogP contribution in [0.4, 0.5) is 0 Å². The van der Waals surface area contributed by atoms with Crippen LogP contribution in [0.25, 0.3) is 0 Å². The van der Waals surface area contributed by atoms with E-state index in [-0.39, 0.29) is 11.4 Å². The molecule has 4 aliphatic carbocycles. The van der Waals surface area contributed by atoms with Crippen molar-refractivity contribution in [1.29, 1.82) is 0 Å². The van der Waals surface area contributed by atoms with Crippen LogP contribution in [0.3, 0.4) is 0 Å². The van der Waals surface area contributed by atoms with E-state index in [2.05, 4.69) is 20.8 Å². The maximum absolute atomic E-state index is 12.3. The number of carbonyl (C=O) groups excluding carboxylic acids is 2. The van der Waals surface area contributed by atoms with Crippen LogP contribution >= 0.6 is 0 Å². The third-order valence-electron chi connectivity index (χ3n) is 10.9. The van der Waals surface area contributed by atoms with Gasteiger partial charge >= 0.3 is 5.97 Å². The summed E-state index contributed by atoms with van der Waals surface area (Å²) in [7, 11) is 0. The molecule has 0 amide bonds. The van der Waals surface area contributed by atoms with Crippen LogP contribution in [-0.4, -0.2) is 29.1 Å². The smallest absolute Gasteiger partial charge is 0.305 e. The topological polar surface area (TPSA) is 63.6 Å². The van der Waals surface area contributed by atoms with Crippen molar-refractivity contribution in [3.63, 3.8) is 0 Å². The molecule has 4 fully saturated rings. The first-order valence-corrected chi connectivity index (χ1v) is 13.1. The first-order chi connectivity index (χ1) is 14.7. The molecule has 0 saturated heterocycles. The largest absolute Gasteiger partial charge is 0.466 e. The van der Waals surface area contributed by atoms with Gasteiger partial charge in [0.1, 0.15) is 5.78 Å². The molecule has 4 nitrogen and oxygen atoms in total. The molecule has 176 valence electrons. The van der Waals surface area contributed by atoms with Crippen molar-refractivity contribution in [3.8, 4) is 0 Å². The fraction of sp³-hybridized carbons (Fsp3) is 0.926. The monoisotopic (exact) mass is 432 g/mol. The number of ketones is 1. The maximum atomic E-state index is 12.3. The van der Waals surface area contributed by atoms with E-state index in [1.807, 2.05) is 6.92 Å². The van der Waals surface area contributed by atoms with Crippen molar-refractivity contribution in [1.82, 2.24) is 0 Å². The number of aliphatic hydroxyl groups is 1. The predicted octanol–water partition coefficient (Wildman–Crippen LogP) is 5.70. The normalized spacial score (nSPS) is 46.7. The molecule has 3 unspecified atom stereocenters. The standard InChI is InChI=1S/C27H44O4/c1-5-24(29)31-15-7-6-12-27(30)14-11-22-21-9-8-19-17-20(28)16-18(2)26(19,4)23(21)10-13-25(22,27)3/h18-19,21-23,30H,5-17H2,1-4H3/t18?,19?,21-,22-,23+,25-,26-,27?/m0/s1. The molecule has 8 atom stereocenters. The SMILES string of the molecule is CCC(=O)OCCCCC1(O)CC[C@H]2[C@@H]3CCC4CC(=O)CC(C)[C@]4(C)[C@@H]3CC[C@@]21C. The van der Waals surface area contributed by atoms with Crippen molar-refractivity contribution < 1.29 is 19.4 Å². The number of hydrogen-bond acceptors (Lipinski definition) is 4. The lowest BCUT2D eigenvalue weighted by Gasteiger charge is -2.62. The second kappa shape index (κ2) is 8.47. The molecule has 0 heterocycles. The van der Waals surface area contributed by atoms with E-state index in [0.29, 0.717) is 53.8 Å². The van der Waals surface area contributed by atoms with Crippen molar-refractivity contribution in [2.75, 3.05) is 6.61 Å². The van der Waals surface area contributed by atoms with Gasteiger partial charge in [0, 0.05) is 19.3 Å². The minimum Gasteiger partial charge on any atom is -0.466 e. The Balaban J connectivity index is 1.44. The molecule has 0 aromatic heterocycles. The molecule has 0 aromatic rings. The summed E-state index contributed by atoms with van der Waals surface area (Å²) in [5.41, 5.74) is -0.281. The van der Waals surface area contributed by atoms with Crippen LogP contribution in [0.2, 0.25) is 0 Å². The zero-order valence-electron chi connectivity index (χ0n) is 20.3. The number of ether oxygens (including phenoxy) is 1. The summed E-state index contributed by atoms with van der Waals surface area (Å²) < 4.78 is 5.23. The Morgan fingerprint density at radius 2 is 1.81 bits per heavy atom. The van der Waals surface area contributed by atoms with E-state index in [1.165, 1.54) is 19.3 Å². The summed E-state index contributed by atoms with van der Waals surface area (Å²) in [4.78, 5) is 23.6. The second-order valence-corrected chi connectivity index (χ2v) is 11.9. The molecular formula is C27H44O4. The number of Topliss-reactive ketones (excluding diaryl/α,β-unsaturated/α-hetero) is 1. The molecule has 0 aromatic carbocycles. The summed E-state index contributed by atoms with van der Waals surface area (Å²) in [5, 5.41) is 11.8. The Kier molecular flexibility index (Phi) is 6.35. The Hall–Kier alpha value is -0.900. The minimum absolute atomic E-state index is 0.00514. The van der Waals surface area contributed by atoms with Gasteiger partial charge in [0.15, 0.2) is 0 Å². The van der Waals surface area contributed by atoms with E-state index in [4.69, 9.17) is 4.74 Å². The highest BCUT2D eigenvalue weighted by Gasteiger charge is 2.65. The van der Waals surface area contributed by atoms with E-state index >= 15 is 0 Å². The fourth-order valence-corrected chi connectivity index (χ4v) is 8.81. The zero-order valence-corrected chi connectivity index (χ0v) is 20.3. The van der Waals surface area contributed by atoms with Gasteiger partial charge in [-0.25, -0.2) is 0 Å². The second-order valence-electron chi connectivity index (χ2n) is 11.9. The van der Waals surface area contributed by atoms with Crippen molar-refractivity contribution >= 4 is 11.8 Å². The summed E-state index contributed by atoms with van der Waals surface area (Å²) in [6.07, 6.45) is 11.4. The number of esters is 1. The maximum Gasteiger partial charge on any atom is 0.305 e. The van der Waals surface area contributed by atoms with Crippen molar-refractivity contribution in [2.24, 2.45) is 40.4 Å². The molecular weight excluding hydrogens is 388 g/mol. The first-order valence-electron chi connectivity index (χ1n) is 13.1. The molecule has 31 heavy (non-hydrogen) atoms. The molecule has 0 aliphatic heterocycles. The zero-order chi connectivity index (χ0) is 22.4. The molecule has 0 bridgehead atoms. The van der Waals surface area contributed by atoms with E-state index in [1.54, 1.807) is 0 Å². The van der Waals surface area contributed by atoms with Gasteiger partial charge in [0.05, 0.1) is 12.2 Å². The Labute approximate surface area is 188 Å². The van der Waals surface area contributed by atoms with Gasteiger partial charge in [-0.1, -0.05) is 27.7 Å². The molecule has 4 aliphatic rings. The first kappa shape index (κ1) is 23.3. The molecule has 0 spiro atoms. The van der Waals surface area contributed by atoms with Crippen LogP contribution in [0.5, 0.6) is 0 Å². The highest BCUT2D eigenvalue weighted by molar-refractivity contribution is 5.80. The molecule has 4 heteroatoms. The van der Waals surface area contributed by atoms with Crippen LogP contribution in [0, 0.1) is 40.4 Å². The van der Waals surface area contributed by atoms with Gasteiger partial charge in [-0.2, -0.15) is 0 Å². The average Bonchev–Trinajstić information content (AvgIpc) is 3.00. The van der Waals surface area contributed by atoms with Crippen LogP contribution in [-0.2, 0) is 14.3 Å². The van der Waals surface area contributed by atoms with Crippen molar-refractivity contribution in [2.45, 2.75) is 110 Å². The van der Waals surface area contributed by atoms with E-state index < -0.39 is 5.60 Å². The van der Waals surface area contributed by atoms with Gasteiger partial charge < -0.3 is 9.84 Å². The summed E-state index contributed by atoms with van der Waals surface area (Å²) >= 11 is 0. The van der Waals surface area contributed by atoms with Gasteiger partial charge in [-0.3, -0.25) is 9.59 Å². The molecule has 0 radical (unpaired) electrons. The lowest BCUT2D eigenvalue weighted by molar-refractivity contribution is -0.169. The highest BCUT2D eigenvalue weighted by atomic mass is 16.5. The number of rotatable bonds is 6. The van der Waals surface area contributed by atoms with Crippen LogP contribution in [0.15, 0.2) is 0 Å². The van der Waals surface area contributed by atoms with E-state index in [0.717, 1.165) is 51.4 Å². The number of carbonyl (C=O) groups is 2. The fourth-order valence-electron chi connectivity index (χ4n) is 8.81. The minimum atomic E-state index is -0.580. The third-order valence-corrected chi connectivity index (χ3v) is 10.9. The summed E-state index contributed by atoms with van der Waals surface area (Å²) in [5.74, 6) is 3.43. The summed E-state index contributed by atoms with van der Waals surface area (Å²) in [6.45, 7) is 9.51. The lowest BCUT2D eigenvalue weighted by atomic mass is 9.42. The Morgan fingerprint density at radius 1 is 1.06 bits per heavy atom. The van der Waals surface area contributed by atoms with Gasteiger partial charge in [0.25, 0.3) is 0 Å². The number of fused-ring (bicyclic) bond motifs is 5. The quantitative estimate of drug-likeness (QED) is 0.432. The van der Waals surface area contributed by atoms with Crippen LogP contribution in [0.1, 0.15) is 105 Å². The summed E-state index contributed by atoms with van der Waals surface area (Å²) in [6, 6.07) is 0. The molecule has 1 N–H and O–H groups in total. The molecule has 4 saturated carbocycles. The third kappa shape index (κ3) is 3.69. The Morgan fingerprint density at radius 3 is 2.55 bits per heavy atom. The van der Waals surface area contributed by atoms with Crippen molar-refractivity contribution in [3.05, 3.63) is 0 Å². The Bertz CT molecular complexity index is 703.